The zero-order chi connectivity index (χ0) is 11.8. The summed E-state index contributed by atoms with van der Waals surface area (Å²) in [5, 5.41) is 0.514. The van der Waals surface area contributed by atoms with Crippen molar-refractivity contribution < 1.29 is 4.39 Å². The van der Waals surface area contributed by atoms with Gasteiger partial charge in [-0.05, 0) is 49.3 Å². The highest BCUT2D eigenvalue weighted by molar-refractivity contribution is 6.31. The quantitative estimate of drug-likeness (QED) is 0.859. The van der Waals surface area contributed by atoms with Gasteiger partial charge in [0.05, 0.1) is 0 Å². The molecule has 2 rings (SSSR count). The summed E-state index contributed by atoms with van der Waals surface area (Å²) in [5.74, 6) is 0.418. The van der Waals surface area contributed by atoms with Gasteiger partial charge in [-0.25, -0.2) is 4.39 Å². The minimum atomic E-state index is -0.215. The van der Waals surface area contributed by atoms with Gasteiger partial charge >= 0.3 is 0 Å². The molecule has 1 aliphatic rings. The number of benzene rings is 1. The second-order valence-electron chi connectivity index (χ2n) is 5.01. The van der Waals surface area contributed by atoms with E-state index in [0.717, 1.165) is 0 Å². The molecule has 0 heterocycles. The normalized spacial score (nSPS) is 19.5. The van der Waals surface area contributed by atoms with E-state index in [4.69, 9.17) is 17.3 Å². The molecule has 1 aliphatic carbocycles. The molecule has 0 amide bonds. The third-order valence-electron chi connectivity index (χ3n) is 3.67. The van der Waals surface area contributed by atoms with E-state index >= 15 is 0 Å². The zero-order valence-corrected chi connectivity index (χ0v) is 10.2. The summed E-state index contributed by atoms with van der Waals surface area (Å²) < 4.78 is 13.7. The second-order valence-corrected chi connectivity index (χ2v) is 5.42. The van der Waals surface area contributed by atoms with Gasteiger partial charge in [0.2, 0.25) is 0 Å². The summed E-state index contributed by atoms with van der Waals surface area (Å²) in [6.45, 7) is 2.72. The van der Waals surface area contributed by atoms with E-state index < -0.39 is 0 Å². The molecule has 0 saturated heterocycles. The molecule has 1 nitrogen and oxygen atoms in total. The maximum Gasteiger partial charge on any atom is 0.127 e. The van der Waals surface area contributed by atoms with Crippen LogP contribution in [0, 0.1) is 17.2 Å². The van der Waals surface area contributed by atoms with Crippen LogP contribution in [0.15, 0.2) is 18.2 Å². The van der Waals surface area contributed by atoms with Gasteiger partial charge in [-0.2, -0.15) is 0 Å². The molecule has 2 N–H and O–H groups in total. The summed E-state index contributed by atoms with van der Waals surface area (Å²) in [4.78, 5) is 0. The van der Waals surface area contributed by atoms with Gasteiger partial charge in [-0.3, -0.25) is 0 Å². The molecule has 1 aromatic rings. The average Bonchev–Trinajstić information content (AvgIpc) is 3.07. The number of rotatable bonds is 4. The Morgan fingerprint density at radius 3 is 2.69 bits per heavy atom. The lowest BCUT2D eigenvalue weighted by molar-refractivity contribution is 0.278. The lowest BCUT2D eigenvalue weighted by Gasteiger charge is -2.28. The molecular formula is C13H17ClFN. The molecule has 1 atom stereocenters. The smallest absolute Gasteiger partial charge is 0.127 e. The molecule has 0 radical (unpaired) electrons. The van der Waals surface area contributed by atoms with Gasteiger partial charge in [0.15, 0.2) is 0 Å². The van der Waals surface area contributed by atoms with Crippen molar-refractivity contribution in [2.45, 2.75) is 26.2 Å². The van der Waals surface area contributed by atoms with Crippen molar-refractivity contribution >= 4 is 11.6 Å². The van der Waals surface area contributed by atoms with Gasteiger partial charge in [0.1, 0.15) is 5.82 Å². The Balaban J connectivity index is 2.25. The highest BCUT2D eigenvalue weighted by Gasteiger charge is 2.41. The van der Waals surface area contributed by atoms with Crippen molar-refractivity contribution in [3.05, 3.63) is 34.6 Å². The Hall–Kier alpha value is -0.600. The van der Waals surface area contributed by atoms with E-state index in [2.05, 4.69) is 6.92 Å². The van der Waals surface area contributed by atoms with E-state index in [1.165, 1.54) is 18.9 Å². The number of halogens is 2. The molecule has 0 bridgehead atoms. The van der Waals surface area contributed by atoms with E-state index in [1.807, 2.05) is 0 Å². The van der Waals surface area contributed by atoms with E-state index in [-0.39, 0.29) is 11.2 Å². The first-order chi connectivity index (χ1) is 7.57. The molecule has 1 aromatic carbocycles. The number of hydrogen-bond donors (Lipinski definition) is 1. The van der Waals surface area contributed by atoms with Crippen LogP contribution in [-0.2, 0) is 6.42 Å². The van der Waals surface area contributed by atoms with Gasteiger partial charge < -0.3 is 5.73 Å². The summed E-state index contributed by atoms with van der Waals surface area (Å²) in [6, 6.07) is 4.84. The molecule has 3 heteroatoms. The van der Waals surface area contributed by atoms with Crippen molar-refractivity contribution in [2.75, 3.05) is 6.54 Å². The van der Waals surface area contributed by atoms with Crippen molar-refractivity contribution in [3.63, 3.8) is 0 Å². The topological polar surface area (TPSA) is 26.0 Å². The third-order valence-corrected chi connectivity index (χ3v) is 4.03. The number of nitrogens with two attached hydrogens (primary N) is 1. The van der Waals surface area contributed by atoms with Gasteiger partial charge in [0, 0.05) is 10.6 Å². The first-order valence-electron chi connectivity index (χ1n) is 5.70. The Morgan fingerprint density at radius 1 is 1.50 bits per heavy atom. The number of hydrogen-bond acceptors (Lipinski definition) is 1. The predicted octanol–water partition coefficient (Wildman–Crippen LogP) is 3.40. The molecule has 0 aliphatic heterocycles. The molecule has 0 spiro atoms. The van der Waals surface area contributed by atoms with Crippen LogP contribution in [0.3, 0.4) is 0 Å². The minimum absolute atomic E-state index is 0.00810. The van der Waals surface area contributed by atoms with Crippen LogP contribution in [0.1, 0.15) is 25.3 Å². The lowest BCUT2D eigenvalue weighted by Crippen LogP contribution is -2.32. The summed E-state index contributed by atoms with van der Waals surface area (Å²) in [5.41, 5.74) is 6.44. The fraction of sp³-hybridized carbons (Fsp3) is 0.538. The molecule has 1 saturated carbocycles. The van der Waals surface area contributed by atoms with Gasteiger partial charge in [0.25, 0.3) is 0 Å². The highest BCUT2D eigenvalue weighted by atomic mass is 35.5. The van der Waals surface area contributed by atoms with Crippen LogP contribution in [0.4, 0.5) is 4.39 Å². The first-order valence-corrected chi connectivity index (χ1v) is 6.07. The zero-order valence-electron chi connectivity index (χ0n) is 9.47. The molecular weight excluding hydrogens is 225 g/mol. The summed E-state index contributed by atoms with van der Waals surface area (Å²) >= 11 is 6.04. The van der Waals surface area contributed by atoms with Crippen molar-refractivity contribution in [2.24, 2.45) is 17.1 Å². The Kier molecular flexibility index (Phi) is 3.22. The van der Waals surface area contributed by atoms with E-state index in [1.54, 1.807) is 12.1 Å². The molecule has 88 valence electrons. The van der Waals surface area contributed by atoms with Gasteiger partial charge in [-0.15, -0.1) is 0 Å². The van der Waals surface area contributed by atoms with Crippen LogP contribution in [0.2, 0.25) is 5.02 Å². The molecule has 16 heavy (non-hydrogen) atoms. The Labute approximate surface area is 101 Å². The van der Waals surface area contributed by atoms with Crippen molar-refractivity contribution in [3.8, 4) is 0 Å². The lowest BCUT2D eigenvalue weighted by atomic mass is 9.79. The van der Waals surface area contributed by atoms with Crippen LogP contribution < -0.4 is 5.73 Å². The second kappa shape index (κ2) is 4.34. The maximum absolute atomic E-state index is 13.7. The molecule has 0 aromatic heterocycles. The minimum Gasteiger partial charge on any atom is -0.330 e. The van der Waals surface area contributed by atoms with Gasteiger partial charge in [-0.1, -0.05) is 24.6 Å². The Bertz CT molecular complexity index is 369. The average molecular weight is 242 g/mol. The fourth-order valence-electron chi connectivity index (χ4n) is 2.27. The monoisotopic (exact) mass is 241 g/mol. The van der Waals surface area contributed by atoms with Crippen molar-refractivity contribution in [1.29, 1.82) is 0 Å². The van der Waals surface area contributed by atoms with E-state index in [9.17, 15) is 4.39 Å². The highest BCUT2D eigenvalue weighted by Crippen LogP contribution is 2.47. The van der Waals surface area contributed by atoms with Crippen LogP contribution in [0.5, 0.6) is 0 Å². The predicted molar refractivity (Wildman–Crippen MR) is 65.0 cm³/mol. The summed E-state index contributed by atoms with van der Waals surface area (Å²) in [7, 11) is 0. The SMILES string of the molecule is CC(CN)(Cc1c(F)cccc1Cl)C1CC1. The van der Waals surface area contributed by atoms with E-state index in [0.29, 0.717) is 29.5 Å². The largest absolute Gasteiger partial charge is 0.330 e. The Morgan fingerprint density at radius 2 is 2.19 bits per heavy atom. The third kappa shape index (κ3) is 2.23. The van der Waals surface area contributed by atoms with Crippen LogP contribution in [-0.4, -0.2) is 6.54 Å². The van der Waals surface area contributed by atoms with Crippen LogP contribution in [0.25, 0.3) is 0 Å². The van der Waals surface area contributed by atoms with Crippen LogP contribution >= 0.6 is 11.6 Å². The standard InChI is InChI=1S/C13H17ClFN/c1-13(8-16,9-5-6-9)7-10-11(14)3-2-4-12(10)15/h2-4,9H,5-8,16H2,1H3. The first kappa shape index (κ1) is 11.9. The maximum atomic E-state index is 13.7. The fourth-order valence-corrected chi connectivity index (χ4v) is 2.50. The summed E-state index contributed by atoms with van der Waals surface area (Å²) in [6.07, 6.45) is 3.05. The molecule has 1 fully saturated rings. The molecule has 1 unspecified atom stereocenters. The van der Waals surface area contributed by atoms with Crippen molar-refractivity contribution in [1.82, 2.24) is 0 Å².